The van der Waals surface area contributed by atoms with Gasteiger partial charge in [0.1, 0.15) is 18.2 Å². The third kappa shape index (κ3) is 5.74. The number of aryl methyl sites for hydroxylation is 1. The normalized spacial score (nSPS) is 15.7. The Morgan fingerprint density at radius 3 is 1.07 bits per heavy atom. The van der Waals surface area contributed by atoms with E-state index in [4.69, 9.17) is 0 Å². The Morgan fingerprint density at radius 1 is 0.489 bits per heavy atom. The number of nitriles is 6. The van der Waals surface area contributed by atoms with Crippen LogP contribution < -0.4 is 0 Å². The molecule has 0 saturated heterocycles. The molecule has 1 aliphatic carbocycles. The molecule has 3 aromatic rings. The lowest BCUT2D eigenvalue weighted by atomic mass is 9.97. The summed E-state index contributed by atoms with van der Waals surface area (Å²) in [7, 11) is 0. The molecule has 0 heterocycles. The molecule has 3 aromatic carbocycles. The van der Waals surface area contributed by atoms with Crippen molar-refractivity contribution in [2.24, 2.45) is 0 Å². The monoisotopic (exact) mass is 606 g/mol. The van der Waals surface area contributed by atoms with Gasteiger partial charge in [-0.3, -0.25) is 0 Å². The zero-order chi connectivity index (χ0) is 33.3. The van der Waals surface area contributed by atoms with Gasteiger partial charge in [0, 0.05) is 16.7 Å². The van der Waals surface area contributed by atoms with E-state index >= 15 is 0 Å². The van der Waals surface area contributed by atoms with E-state index in [0.717, 1.165) is 24.3 Å². The summed E-state index contributed by atoms with van der Waals surface area (Å²) in [5.74, 6) is 0. The summed E-state index contributed by atoms with van der Waals surface area (Å²) in [4.78, 5) is 0. The topological polar surface area (TPSA) is 143 Å². The predicted molar refractivity (Wildman–Crippen MR) is 146 cm³/mol. The van der Waals surface area contributed by atoms with Crippen molar-refractivity contribution in [3.63, 3.8) is 0 Å². The maximum Gasteiger partial charge on any atom is 0.417 e. The van der Waals surface area contributed by atoms with Crippen molar-refractivity contribution >= 4 is 16.7 Å². The van der Waals surface area contributed by atoms with Gasteiger partial charge in [-0.1, -0.05) is 18.2 Å². The van der Waals surface area contributed by atoms with Gasteiger partial charge in [0.2, 0.25) is 0 Å². The van der Waals surface area contributed by atoms with E-state index in [1.165, 1.54) is 30.3 Å². The molecule has 4 rings (SSSR count). The van der Waals surface area contributed by atoms with E-state index in [9.17, 15) is 57.9 Å². The number of halogens is 6. The van der Waals surface area contributed by atoms with Gasteiger partial charge in [-0.25, -0.2) is 0 Å². The number of allylic oxidation sites excluding steroid dienone is 6. The highest BCUT2D eigenvalue weighted by molar-refractivity contribution is 6.12. The Hall–Kier alpha value is -6.60. The van der Waals surface area contributed by atoms with Gasteiger partial charge in [-0.15, -0.1) is 0 Å². The molecule has 1 aliphatic rings. The average Bonchev–Trinajstić information content (AvgIpc) is 3.70. The molecule has 0 amide bonds. The molecule has 216 valence electrons. The van der Waals surface area contributed by atoms with Crippen LogP contribution in [-0.2, 0) is 12.4 Å². The predicted octanol–water partition coefficient (Wildman–Crippen LogP) is 7.89. The number of rotatable bonds is 3. The van der Waals surface area contributed by atoms with Crippen LogP contribution in [0.5, 0.6) is 0 Å². The van der Waals surface area contributed by atoms with Crippen molar-refractivity contribution in [1.29, 1.82) is 31.6 Å². The zero-order valence-electron chi connectivity index (χ0n) is 22.6. The second kappa shape index (κ2) is 11.6. The fourth-order valence-corrected chi connectivity index (χ4v) is 4.74. The summed E-state index contributed by atoms with van der Waals surface area (Å²) in [5.41, 5.74) is -5.32. The molecule has 0 unspecified atom stereocenters. The van der Waals surface area contributed by atoms with Crippen LogP contribution in [0.15, 0.2) is 71.3 Å². The Kier molecular flexibility index (Phi) is 8.07. The van der Waals surface area contributed by atoms with Gasteiger partial charge in [0.15, 0.2) is 0 Å². The molecule has 0 bridgehead atoms. The van der Waals surface area contributed by atoms with Crippen LogP contribution in [0.25, 0.3) is 16.7 Å². The molecule has 0 spiro atoms. The van der Waals surface area contributed by atoms with Gasteiger partial charge in [0.25, 0.3) is 0 Å². The highest BCUT2D eigenvalue weighted by atomic mass is 19.4. The van der Waals surface area contributed by atoms with Gasteiger partial charge in [-0.2, -0.15) is 57.9 Å². The Balaban J connectivity index is 2.16. The lowest BCUT2D eigenvalue weighted by Gasteiger charge is -2.10. The maximum absolute atomic E-state index is 13.8. The third-order valence-corrected chi connectivity index (χ3v) is 6.88. The Bertz CT molecular complexity index is 2040. The molecule has 12 heteroatoms. The highest BCUT2D eigenvalue weighted by Crippen LogP contribution is 2.56. The summed E-state index contributed by atoms with van der Waals surface area (Å²) in [5, 5.41) is 58.1. The quantitative estimate of drug-likeness (QED) is 0.219. The minimum Gasteiger partial charge on any atom is -0.192 e. The summed E-state index contributed by atoms with van der Waals surface area (Å²) < 4.78 is 82.6. The second-order valence-corrected chi connectivity index (χ2v) is 9.47. The molecule has 45 heavy (non-hydrogen) atoms. The van der Waals surface area contributed by atoms with E-state index in [-0.39, 0.29) is 44.5 Å². The van der Waals surface area contributed by atoms with Gasteiger partial charge >= 0.3 is 12.4 Å². The van der Waals surface area contributed by atoms with Crippen LogP contribution >= 0.6 is 0 Å². The van der Waals surface area contributed by atoms with Crippen LogP contribution in [-0.4, -0.2) is 0 Å². The Morgan fingerprint density at radius 2 is 0.800 bits per heavy atom. The zero-order valence-corrected chi connectivity index (χ0v) is 22.6. The summed E-state index contributed by atoms with van der Waals surface area (Å²) >= 11 is 0. The van der Waals surface area contributed by atoms with Crippen LogP contribution in [0, 0.1) is 74.9 Å². The number of hydrogen-bond donors (Lipinski definition) is 0. The molecular formula is C33H12F6N6. The lowest BCUT2D eigenvalue weighted by Crippen LogP contribution is -2.08. The summed E-state index contributed by atoms with van der Waals surface area (Å²) in [6.07, 6.45) is -9.97. The number of nitrogens with zero attached hydrogens (tertiary/aromatic N) is 6. The molecule has 0 N–H and O–H groups in total. The molecule has 1 fully saturated rings. The van der Waals surface area contributed by atoms with Crippen molar-refractivity contribution in [1.82, 2.24) is 0 Å². The smallest absolute Gasteiger partial charge is 0.192 e. The molecule has 1 saturated carbocycles. The van der Waals surface area contributed by atoms with Crippen molar-refractivity contribution in [2.75, 3.05) is 0 Å². The highest BCUT2D eigenvalue weighted by Gasteiger charge is 2.43. The molecule has 6 nitrogen and oxygen atoms in total. The first-order valence-electron chi connectivity index (χ1n) is 12.4. The van der Waals surface area contributed by atoms with Gasteiger partial charge in [0.05, 0.1) is 62.7 Å². The fourth-order valence-electron chi connectivity index (χ4n) is 4.74. The standard InChI is InChI=1S/C33H12F6N6/c1-17-8-18(2-5-21(17)11-40)24(14-43)29-30(25(15-44)19-3-6-22(12-41)27(9-19)32(34,35)36)31(29)26(16-45)20-4-7-23(13-42)28(10-20)33(37,38)39/h2-10H,1H3/b29-24-,30-25?,31-26-. The molecule has 0 radical (unpaired) electrons. The lowest BCUT2D eigenvalue weighted by molar-refractivity contribution is -0.138. The van der Waals surface area contributed by atoms with Crippen LogP contribution in [0.1, 0.15) is 50.1 Å². The van der Waals surface area contributed by atoms with E-state index in [2.05, 4.69) is 0 Å². The fraction of sp³-hybridized carbons (Fsp3) is 0.0909. The Labute approximate surface area is 251 Å². The van der Waals surface area contributed by atoms with Gasteiger partial charge in [-0.05, 0) is 65.6 Å². The molecule has 0 aromatic heterocycles. The van der Waals surface area contributed by atoms with Crippen molar-refractivity contribution in [2.45, 2.75) is 19.3 Å². The minimum absolute atomic E-state index is 0.0782. The van der Waals surface area contributed by atoms with Crippen molar-refractivity contribution < 1.29 is 26.3 Å². The third-order valence-electron chi connectivity index (χ3n) is 6.88. The van der Waals surface area contributed by atoms with E-state index < -0.39 is 45.8 Å². The van der Waals surface area contributed by atoms with Crippen LogP contribution in [0.3, 0.4) is 0 Å². The largest absolute Gasteiger partial charge is 0.417 e. The van der Waals surface area contributed by atoms with E-state index in [0.29, 0.717) is 17.7 Å². The van der Waals surface area contributed by atoms with Crippen molar-refractivity contribution in [3.05, 3.63) is 121 Å². The van der Waals surface area contributed by atoms with Crippen LogP contribution in [0.4, 0.5) is 26.3 Å². The second-order valence-electron chi connectivity index (χ2n) is 9.47. The van der Waals surface area contributed by atoms with Crippen molar-refractivity contribution in [3.8, 4) is 36.4 Å². The first-order chi connectivity index (χ1) is 21.2. The average molecular weight is 606 g/mol. The summed E-state index contributed by atoms with van der Waals surface area (Å²) in [6, 6.07) is 19.5. The summed E-state index contributed by atoms with van der Waals surface area (Å²) in [6.45, 7) is 1.58. The number of alkyl halides is 6. The first-order valence-corrected chi connectivity index (χ1v) is 12.4. The number of hydrogen-bond acceptors (Lipinski definition) is 6. The maximum atomic E-state index is 13.8. The van der Waals surface area contributed by atoms with E-state index in [1.54, 1.807) is 19.1 Å². The molecule has 0 aliphatic heterocycles. The van der Waals surface area contributed by atoms with Gasteiger partial charge < -0.3 is 0 Å². The SMILES string of the molecule is Cc1cc(/C(C#N)=C2/C(=C(C#N)c3ccc(C#N)c(C(F)(F)F)c3)/C2=C(/C#N)c2ccc(C#N)c(C(F)(F)F)c2)ccc1C#N. The first kappa shape index (κ1) is 31.3. The minimum atomic E-state index is -4.99. The molecule has 0 atom stereocenters. The van der Waals surface area contributed by atoms with Crippen LogP contribution in [0.2, 0.25) is 0 Å². The van der Waals surface area contributed by atoms with E-state index in [1.807, 2.05) is 12.1 Å². The molecular weight excluding hydrogens is 594 g/mol. The number of benzene rings is 3.